The molecule has 2 aliphatic rings. The summed E-state index contributed by atoms with van der Waals surface area (Å²) < 4.78 is 21.2. The van der Waals surface area contributed by atoms with E-state index in [1.54, 1.807) is 12.3 Å². The fourth-order valence-corrected chi connectivity index (χ4v) is 4.72. The number of tetrazole rings is 1. The summed E-state index contributed by atoms with van der Waals surface area (Å²) in [5.41, 5.74) is 1.86. The molecule has 2 aromatic heterocycles. The van der Waals surface area contributed by atoms with E-state index in [0.29, 0.717) is 50.0 Å². The number of carbonyl (C=O) groups is 1. The molecule has 1 amide bonds. The van der Waals surface area contributed by atoms with Gasteiger partial charge in [-0.1, -0.05) is 17.7 Å². The molecule has 2 aliphatic heterocycles. The minimum absolute atomic E-state index is 0.00285. The van der Waals surface area contributed by atoms with Gasteiger partial charge in [-0.05, 0) is 29.0 Å². The SMILES string of the molecule is [C-]#[N+]c1c(F)ccc([C@@H]2CN3CCN(C(=O)Cc4cnc(-n5cnnn5)nc4C)C[C@@H]3CO2)c1Cl. The van der Waals surface area contributed by atoms with E-state index in [0.717, 1.165) is 5.56 Å². The lowest BCUT2D eigenvalue weighted by molar-refractivity contribution is -0.139. The van der Waals surface area contributed by atoms with Crippen LogP contribution in [0.25, 0.3) is 10.8 Å². The van der Waals surface area contributed by atoms with Gasteiger partial charge in [-0.25, -0.2) is 19.2 Å². The van der Waals surface area contributed by atoms with Crippen molar-refractivity contribution >= 4 is 23.2 Å². The van der Waals surface area contributed by atoms with Crippen molar-refractivity contribution in [2.24, 2.45) is 0 Å². The Morgan fingerprint density at radius 2 is 2.20 bits per heavy atom. The number of ether oxygens (including phenoxy) is 1. The number of amides is 1. The highest BCUT2D eigenvalue weighted by Gasteiger charge is 2.36. The molecule has 0 N–H and O–H groups in total. The normalized spacial score (nSPS) is 20.3. The maximum atomic E-state index is 13.8. The van der Waals surface area contributed by atoms with Crippen molar-refractivity contribution in [2.75, 3.05) is 32.8 Å². The molecule has 2 atom stereocenters. The second kappa shape index (κ2) is 9.61. The van der Waals surface area contributed by atoms with Gasteiger partial charge in [-0.15, -0.1) is 5.10 Å². The summed E-state index contributed by atoms with van der Waals surface area (Å²) in [5.74, 6) is -0.298. The fourth-order valence-electron chi connectivity index (χ4n) is 4.40. The zero-order valence-electron chi connectivity index (χ0n) is 18.8. The number of aromatic nitrogens is 6. The summed E-state index contributed by atoms with van der Waals surface area (Å²) in [5, 5.41) is 11.0. The number of benzene rings is 1. The van der Waals surface area contributed by atoms with Gasteiger partial charge in [0, 0.05) is 43.6 Å². The fraction of sp³-hybridized carbons (Fsp3) is 0.409. The zero-order valence-corrected chi connectivity index (χ0v) is 19.6. The summed E-state index contributed by atoms with van der Waals surface area (Å²) in [6.45, 7) is 11.8. The molecule has 180 valence electrons. The van der Waals surface area contributed by atoms with Gasteiger partial charge in [0.2, 0.25) is 11.6 Å². The van der Waals surface area contributed by atoms with Crippen LogP contribution in [0.2, 0.25) is 5.02 Å². The topological polar surface area (TPSA) is 107 Å². The van der Waals surface area contributed by atoms with Crippen LogP contribution in [-0.2, 0) is 16.0 Å². The molecule has 35 heavy (non-hydrogen) atoms. The number of nitrogens with zero attached hydrogens (tertiary/aromatic N) is 9. The van der Waals surface area contributed by atoms with Gasteiger partial charge < -0.3 is 9.64 Å². The summed E-state index contributed by atoms with van der Waals surface area (Å²) in [7, 11) is 0. The van der Waals surface area contributed by atoms with Crippen molar-refractivity contribution in [1.29, 1.82) is 0 Å². The van der Waals surface area contributed by atoms with Gasteiger partial charge >= 0.3 is 0 Å². The van der Waals surface area contributed by atoms with E-state index in [4.69, 9.17) is 22.9 Å². The number of carbonyl (C=O) groups excluding carboxylic acids is 1. The van der Waals surface area contributed by atoms with Crippen LogP contribution in [0, 0.1) is 19.3 Å². The average Bonchev–Trinajstić information content (AvgIpc) is 3.40. The molecule has 0 aliphatic carbocycles. The van der Waals surface area contributed by atoms with Crippen LogP contribution in [-0.4, -0.2) is 84.7 Å². The van der Waals surface area contributed by atoms with E-state index >= 15 is 0 Å². The Kier molecular flexibility index (Phi) is 6.38. The van der Waals surface area contributed by atoms with E-state index in [-0.39, 0.29) is 35.2 Å². The van der Waals surface area contributed by atoms with Crippen LogP contribution in [0.15, 0.2) is 24.7 Å². The van der Waals surface area contributed by atoms with Crippen LogP contribution >= 0.6 is 11.6 Å². The predicted octanol–water partition coefficient (Wildman–Crippen LogP) is 1.93. The molecule has 0 unspecified atom stereocenters. The Labute approximate surface area is 205 Å². The molecule has 0 bridgehead atoms. The largest absolute Gasteiger partial charge is 0.370 e. The number of hydrogen-bond donors (Lipinski definition) is 0. The summed E-state index contributed by atoms with van der Waals surface area (Å²) in [6.07, 6.45) is 2.87. The predicted molar refractivity (Wildman–Crippen MR) is 121 cm³/mol. The first-order chi connectivity index (χ1) is 16.9. The molecule has 11 nitrogen and oxygen atoms in total. The molecule has 0 radical (unpaired) electrons. The van der Waals surface area contributed by atoms with Gasteiger partial charge in [0.1, 0.15) is 12.1 Å². The minimum atomic E-state index is -0.639. The third-order valence-electron chi connectivity index (χ3n) is 6.37. The zero-order chi connectivity index (χ0) is 24.5. The Bertz CT molecular complexity index is 1300. The highest BCUT2D eigenvalue weighted by Crippen LogP contribution is 2.38. The number of piperazine rings is 1. The van der Waals surface area contributed by atoms with E-state index in [9.17, 15) is 9.18 Å². The molecule has 0 spiro atoms. The molecule has 0 saturated carbocycles. The molecular formula is C22H21ClFN9O2. The van der Waals surface area contributed by atoms with Crippen molar-refractivity contribution in [1.82, 2.24) is 40.0 Å². The quantitative estimate of drug-likeness (QED) is 0.503. The second-order valence-electron chi connectivity index (χ2n) is 8.43. The standard InChI is InChI=1S/C22H21ClFN9O2/c1-13-14(8-26-22(28-13)33-12-27-29-30-33)7-19(34)32-6-5-31-10-18(35-11-15(31)9-32)16-3-4-17(24)21(25-2)20(16)23/h3-4,8,12,15,18H,5-7,9-11H2,1H3/t15-,18+/m1/s1. The van der Waals surface area contributed by atoms with Gasteiger partial charge in [-0.2, -0.15) is 4.68 Å². The van der Waals surface area contributed by atoms with Crippen molar-refractivity contribution < 1.29 is 13.9 Å². The lowest BCUT2D eigenvalue weighted by Crippen LogP contribution is -2.59. The van der Waals surface area contributed by atoms with Crippen molar-refractivity contribution in [2.45, 2.75) is 25.5 Å². The van der Waals surface area contributed by atoms with Crippen LogP contribution in [0.5, 0.6) is 0 Å². The molecule has 2 saturated heterocycles. The number of halogens is 2. The number of hydrogen-bond acceptors (Lipinski definition) is 8. The summed E-state index contributed by atoms with van der Waals surface area (Å²) >= 11 is 6.29. The Morgan fingerprint density at radius 1 is 1.34 bits per heavy atom. The van der Waals surface area contributed by atoms with Crippen LogP contribution in [0.3, 0.4) is 0 Å². The van der Waals surface area contributed by atoms with E-state index in [2.05, 4.69) is 35.2 Å². The maximum Gasteiger partial charge on any atom is 0.253 e. The molecule has 3 aromatic rings. The summed E-state index contributed by atoms with van der Waals surface area (Å²) in [4.78, 5) is 29.0. The van der Waals surface area contributed by atoms with Gasteiger partial charge in [0.25, 0.3) is 5.95 Å². The Hall–Kier alpha value is -3.53. The first-order valence-electron chi connectivity index (χ1n) is 11.0. The lowest BCUT2D eigenvalue weighted by Gasteiger charge is -2.46. The lowest BCUT2D eigenvalue weighted by atomic mass is 10.0. The van der Waals surface area contributed by atoms with Crippen LogP contribution in [0.1, 0.15) is 22.9 Å². The first-order valence-corrected chi connectivity index (χ1v) is 11.4. The Morgan fingerprint density at radius 3 is 2.94 bits per heavy atom. The molecule has 4 heterocycles. The molecular weight excluding hydrogens is 477 g/mol. The molecule has 5 rings (SSSR count). The average molecular weight is 498 g/mol. The third-order valence-corrected chi connectivity index (χ3v) is 6.76. The molecule has 1 aromatic carbocycles. The number of fused-ring (bicyclic) bond motifs is 1. The number of aryl methyl sites for hydroxylation is 1. The van der Waals surface area contributed by atoms with Crippen LogP contribution in [0.4, 0.5) is 10.1 Å². The molecule has 2 fully saturated rings. The van der Waals surface area contributed by atoms with E-state index < -0.39 is 5.82 Å². The highest BCUT2D eigenvalue weighted by molar-refractivity contribution is 6.34. The third kappa shape index (κ3) is 4.58. The first kappa shape index (κ1) is 23.2. The molecule has 13 heteroatoms. The van der Waals surface area contributed by atoms with E-state index in [1.807, 2.05) is 11.8 Å². The Balaban J connectivity index is 1.21. The second-order valence-corrected chi connectivity index (χ2v) is 8.81. The number of rotatable bonds is 4. The highest BCUT2D eigenvalue weighted by atomic mass is 35.5. The monoisotopic (exact) mass is 497 g/mol. The maximum absolute atomic E-state index is 13.8. The van der Waals surface area contributed by atoms with Crippen molar-refractivity contribution in [3.63, 3.8) is 0 Å². The smallest absolute Gasteiger partial charge is 0.253 e. The van der Waals surface area contributed by atoms with Crippen LogP contribution < -0.4 is 0 Å². The van der Waals surface area contributed by atoms with Crippen molar-refractivity contribution in [3.05, 3.63) is 63.7 Å². The van der Waals surface area contributed by atoms with Gasteiger partial charge in [-0.3, -0.25) is 9.69 Å². The van der Waals surface area contributed by atoms with E-state index in [1.165, 1.54) is 17.1 Å². The summed E-state index contributed by atoms with van der Waals surface area (Å²) in [6, 6.07) is 2.87. The van der Waals surface area contributed by atoms with Gasteiger partial charge in [0.05, 0.1) is 36.8 Å². The minimum Gasteiger partial charge on any atom is -0.370 e. The van der Waals surface area contributed by atoms with Crippen molar-refractivity contribution in [3.8, 4) is 5.95 Å². The van der Waals surface area contributed by atoms with Gasteiger partial charge in [0.15, 0.2) is 0 Å². The number of morpholine rings is 1.